The standard InChI is InChI=1S/C18H18F4N6O2/c1-11-14(25-26-28(11)13-5-3-12(19)4-6-13)15(29)23-8-7-17(30,18(20,21)22)16-24-9-10-27(16)2/h3-6,9-10,30H,7-8H2,1-2H3,(H,23,29). The fraction of sp³-hybridized carbons (Fsp3) is 0.333. The minimum absolute atomic E-state index is 0.105. The van der Waals surface area contributed by atoms with Crippen molar-refractivity contribution in [3.8, 4) is 5.69 Å². The Morgan fingerprint density at radius 3 is 2.47 bits per heavy atom. The lowest BCUT2D eigenvalue weighted by Gasteiger charge is -2.29. The van der Waals surface area contributed by atoms with E-state index in [0.29, 0.717) is 11.4 Å². The lowest BCUT2D eigenvalue weighted by Crippen LogP contribution is -2.46. The Hall–Kier alpha value is -3.28. The normalized spacial score (nSPS) is 13.8. The van der Waals surface area contributed by atoms with Gasteiger partial charge in [0.15, 0.2) is 5.69 Å². The second-order valence-corrected chi connectivity index (χ2v) is 6.64. The largest absolute Gasteiger partial charge is 0.424 e. The lowest BCUT2D eigenvalue weighted by molar-refractivity contribution is -0.272. The van der Waals surface area contributed by atoms with E-state index in [2.05, 4.69) is 20.6 Å². The molecule has 160 valence electrons. The predicted octanol–water partition coefficient (Wildman–Crippen LogP) is 2.02. The fourth-order valence-corrected chi connectivity index (χ4v) is 2.95. The molecule has 12 heteroatoms. The highest BCUT2D eigenvalue weighted by molar-refractivity contribution is 5.93. The van der Waals surface area contributed by atoms with Gasteiger partial charge in [-0.3, -0.25) is 4.79 Å². The number of imidazole rings is 1. The van der Waals surface area contributed by atoms with Gasteiger partial charge in [-0.25, -0.2) is 14.1 Å². The molecule has 1 amide bonds. The second kappa shape index (κ2) is 7.86. The molecule has 0 saturated carbocycles. The molecule has 1 atom stereocenters. The first-order chi connectivity index (χ1) is 14.0. The maximum atomic E-state index is 13.5. The van der Waals surface area contributed by atoms with Crippen LogP contribution in [0.15, 0.2) is 36.7 Å². The molecular formula is C18H18F4N6O2. The highest BCUT2D eigenvalue weighted by atomic mass is 19.4. The Labute approximate surface area is 168 Å². The van der Waals surface area contributed by atoms with Gasteiger partial charge in [0.25, 0.3) is 5.91 Å². The summed E-state index contributed by atoms with van der Waals surface area (Å²) >= 11 is 0. The minimum Gasteiger partial charge on any atom is -0.374 e. The summed E-state index contributed by atoms with van der Waals surface area (Å²) in [5, 5.41) is 20.2. The van der Waals surface area contributed by atoms with Crippen molar-refractivity contribution in [1.82, 2.24) is 29.9 Å². The van der Waals surface area contributed by atoms with Crippen LogP contribution < -0.4 is 5.32 Å². The fourth-order valence-electron chi connectivity index (χ4n) is 2.95. The monoisotopic (exact) mass is 426 g/mol. The summed E-state index contributed by atoms with van der Waals surface area (Å²) in [5.74, 6) is -1.78. The number of amides is 1. The molecule has 2 N–H and O–H groups in total. The van der Waals surface area contributed by atoms with Gasteiger partial charge in [-0.05, 0) is 31.2 Å². The van der Waals surface area contributed by atoms with Gasteiger partial charge in [-0.2, -0.15) is 13.2 Å². The number of aryl methyl sites for hydroxylation is 1. The van der Waals surface area contributed by atoms with Crippen LogP contribution in [-0.4, -0.2) is 48.3 Å². The number of hydrogen-bond acceptors (Lipinski definition) is 5. The molecule has 2 aromatic heterocycles. The SMILES string of the molecule is Cc1c(C(=O)NCCC(O)(c2nccn2C)C(F)(F)F)nnn1-c1ccc(F)cc1. The maximum Gasteiger partial charge on any atom is 0.424 e. The van der Waals surface area contributed by atoms with Crippen molar-refractivity contribution < 1.29 is 27.5 Å². The molecule has 0 aliphatic rings. The second-order valence-electron chi connectivity index (χ2n) is 6.64. The zero-order valence-electron chi connectivity index (χ0n) is 16.0. The first kappa shape index (κ1) is 21.4. The molecule has 0 bridgehead atoms. The van der Waals surface area contributed by atoms with Gasteiger partial charge in [0.05, 0.1) is 11.4 Å². The number of rotatable bonds is 6. The topological polar surface area (TPSA) is 97.9 Å². The van der Waals surface area contributed by atoms with Gasteiger partial charge in [-0.15, -0.1) is 5.10 Å². The molecule has 30 heavy (non-hydrogen) atoms. The Bertz CT molecular complexity index is 1040. The van der Waals surface area contributed by atoms with Gasteiger partial charge < -0.3 is 15.0 Å². The summed E-state index contributed by atoms with van der Waals surface area (Å²) in [7, 11) is 1.33. The highest BCUT2D eigenvalue weighted by Gasteiger charge is 2.57. The van der Waals surface area contributed by atoms with E-state index in [-0.39, 0.29) is 5.69 Å². The molecule has 0 radical (unpaired) electrons. The number of aliphatic hydroxyl groups is 1. The number of nitrogens with zero attached hydrogens (tertiary/aromatic N) is 5. The van der Waals surface area contributed by atoms with E-state index < -0.39 is 42.3 Å². The summed E-state index contributed by atoms with van der Waals surface area (Å²) in [6, 6.07) is 5.31. The Morgan fingerprint density at radius 2 is 1.90 bits per heavy atom. The number of carbonyl (C=O) groups excluding carboxylic acids is 1. The Morgan fingerprint density at radius 1 is 1.23 bits per heavy atom. The predicted molar refractivity (Wildman–Crippen MR) is 96.2 cm³/mol. The van der Waals surface area contributed by atoms with Crippen LogP contribution in [-0.2, 0) is 12.6 Å². The maximum absolute atomic E-state index is 13.5. The van der Waals surface area contributed by atoms with Crippen LogP contribution in [0.4, 0.5) is 17.6 Å². The van der Waals surface area contributed by atoms with Crippen LogP contribution in [0, 0.1) is 12.7 Å². The number of alkyl halides is 3. The number of aromatic nitrogens is 5. The van der Waals surface area contributed by atoms with Crippen LogP contribution in [0.1, 0.15) is 28.4 Å². The first-order valence-corrected chi connectivity index (χ1v) is 8.78. The zero-order valence-corrected chi connectivity index (χ0v) is 16.0. The first-order valence-electron chi connectivity index (χ1n) is 8.78. The summed E-state index contributed by atoms with van der Waals surface area (Å²) < 4.78 is 56.0. The van der Waals surface area contributed by atoms with Crippen LogP contribution in [0.2, 0.25) is 0 Å². The molecule has 8 nitrogen and oxygen atoms in total. The number of hydrogen-bond donors (Lipinski definition) is 2. The molecule has 0 spiro atoms. The van der Waals surface area contributed by atoms with Crippen molar-refractivity contribution in [2.75, 3.05) is 6.54 Å². The van der Waals surface area contributed by atoms with E-state index >= 15 is 0 Å². The van der Waals surface area contributed by atoms with Crippen LogP contribution in [0.25, 0.3) is 5.69 Å². The molecular weight excluding hydrogens is 408 g/mol. The van der Waals surface area contributed by atoms with Crippen LogP contribution >= 0.6 is 0 Å². The average Bonchev–Trinajstić information content (AvgIpc) is 3.27. The Kier molecular flexibility index (Phi) is 5.61. The average molecular weight is 426 g/mol. The number of halogens is 4. The van der Waals surface area contributed by atoms with Gasteiger partial charge in [0.2, 0.25) is 5.60 Å². The third-order valence-corrected chi connectivity index (χ3v) is 4.61. The smallest absolute Gasteiger partial charge is 0.374 e. The molecule has 0 fully saturated rings. The quantitative estimate of drug-likeness (QED) is 0.588. The minimum atomic E-state index is -5.00. The molecule has 3 aromatic rings. The summed E-state index contributed by atoms with van der Waals surface area (Å²) in [6.45, 7) is 1.04. The van der Waals surface area contributed by atoms with Gasteiger partial charge in [0, 0.05) is 32.4 Å². The van der Waals surface area contributed by atoms with E-state index in [1.807, 2.05) is 0 Å². The molecule has 1 aromatic carbocycles. The van der Waals surface area contributed by atoms with Crippen molar-refractivity contribution in [3.05, 3.63) is 59.7 Å². The van der Waals surface area contributed by atoms with E-state index in [1.54, 1.807) is 0 Å². The number of carbonyl (C=O) groups is 1. The van der Waals surface area contributed by atoms with Gasteiger partial charge in [-0.1, -0.05) is 5.21 Å². The van der Waals surface area contributed by atoms with E-state index in [1.165, 1.54) is 49.1 Å². The zero-order chi connectivity index (χ0) is 22.1. The molecule has 0 saturated heterocycles. The summed E-state index contributed by atoms with van der Waals surface area (Å²) in [4.78, 5) is 16.0. The van der Waals surface area contributed by atoms with Crippen molar-refractivity contribution in [3.63, 3.8) is 0 Å². The van der Waals surface area contributed by atoms with Crippen LogP contribution in [0.5, 0.6) is 0 Å². The molecule has 1 unspecified atom stereocenters. The number of benzene rings is 1. The molecule has 0 aliphatic carbocycles. The highest BCUT2D eigenvalue weighted by Crippen LogP contribution is 2.40. The molecule has 3 rings (SSSR count). The van der Waals surface area contributed by atoms with Gasteiger partial charge >= 0.3 is 6.18 Å². The third-order valence-electron chi connectivity index (χ3n) is 4.61. The van der Waals surface area contributed by atoms with Crippen molar-refractivity contribution in [2.45, 2.75) is 25.1 Å². The van der Waals surface area contributed by atoms with Crippen molar-refractivity contribution in [2.24, 2.45) is 7.05 Å². The Balaban J connectivity index is 1.73. The summed E-state index contributed by atoms with van der Waals surface area (Å²) in [5.41, 5.74) is -2.57. The lowest BCUT2D eigenvalue weighted by atomic mass is 9.97. The van der Waals surface area contributed by atoms with E-state index in [4.69, 9.17) is 0 Å². The van der Waals surface area contributed by atoms with E-state index in [9.17, 15) is 27.5 Å². The van der Waals surface area contributed by atoms with Crippen molar-refractivity contribution >= 4 is 5.91 Å². The van der Waals surface area contributed by atoms with Crippen LogP contribution in [0.3, 0.4) is 0 Å². The summed E-state index contributed by atoms with van der Waals surface area (Å²) in [6.07, 6.45) is -3.43. The third kappa shape index (κ3) is 3.90. The molecule has 2 heterocycles. The van der Waals surface area contributed by atoms with Crippen molar-refractivity contribution in [1.29, 1.82) is 0 Å². The molecule has 0 aliphatic heterocycles. The number of nitrogens with one attached hydrogen (secondary N) is 1. The van der Waals surface area contributed by atoms with E-state index in [0.717, 1.165) is 10.8 Å². The van der Waals surface area contributed by atoms with Gasteiger partial charge in [0.1, 0.15) is 11.6 Å².